The van der Waals surface area contributed by atoms with Crippen molar-refractivity contribution >= 4 is 11.9 Å². The summed E-state index contributed by atoms with van der Waals surface area (Å²) in [5.41, 5.74) is 3.55. The van der Waals surface area contributed by atoms with E-state index in [0.717, 1.165) is 28.9 Å². The molecule has 31 heavy (non-hydrogen) atoms. The third-order valence-electron chi connectivity index (χ3n) is 7.52. The quantitative estimate of drug-likeness (QED) is 0.385. The minimum atomic E-state index is -0.815. The summed E-state index contributed by atoms with van der Waals surface area (Å²) in [4.78, 5) is 22.9. The van der Waals surface area contributed by atoms with Crippen LogP contribution in [0.3, 0.4) is 0 Å². The summed E-state index contributed by atoms with van der Waals surface area (Å²) in [6, 6.07) is 6.35. The number of ether oxygens (including phenoxy) is 1. The average Bonchev–Trinajstić information content (AvgIpc) is 2.76. The Bertz CT molecular complexity index is 780. The van der Waals surface area contributed by atoms with Gasteiger partial charge < -0.3 is 9.84 Å². The van der Waals surface area contributed by atoms with Gasteiger partial charge in [-0.15, -0.1) is 0 Å². The Morgan fingerprint density at radius 2 is 1.61 bits per heavy atom. The summed E-state index contributed by atoms with van der Waals surface area (Å²) in [7, 11) is 0. The molecule has 0 atom stereocenters. The molecule has 0 radical (unpaired) electrons. The monoisotopic (exact) mass is 426 g/mol. The standard InChI is InChI=1S/C27H38O4/c1-18(2)27(30)31-17-25-16-24(13-12-23(25)14-15-26(28)29)22-10-8-21(9-11-22)20-6-4-19(3)5-7-20/h12-13,16,19-22H,1,4-11,14-15,17H2,2-3H3,(H,28,29). The largest absolute Gasteiger partial charge is 0.481 e. The first kappa shape index (κ1) is 23.6. The molecule has 0 unspecified atom stereocenters. The summed E-state index contributed by atoms with van der Waals surface area (Å²) in [5.74, 6) is 2.04. The fourth-order valence-corrected chi connectivity index (χ4v) is 5.47. The molecule has 0 amide bonds. The van der Waals surface area contributed by atoms with Crippen LogP contribution in [0.15, 0.2) is 30.4 Å². The van der Waals surface area contributed by atoms with E-state index in [4.69, 9.17) is 9.84 Å². The average molecular weight is 427 g/mol. The van der Waals surface area contributed by atoms with Gasteiger partial charge in [0.1, 0.15) is 6.61 Å². The van der Waals surface area contributed by atoms with Crippen molar-refractivity contribution in [1.82, 2.24) is 0 Å². The maximum Gasteiger partial charge on any atom is 0.333 e. The number of aliphatic carboxylic acids is 1. The van der Waals surface area contributed by atoms with E-state index < -0.39 is 11.9 Å². The molecule has 0 spiro atoms. The van der Waals surface area contributed by atoms with Crippen LogP contribution in [0.1, 0.15) is 94.2 Å². The molecule has 3 rings (SSSR count). The Morgan fingerprint density at radius 3 is 2.19 bits per heavy atom. The summed E-state index contributed by atoms with van der Waals surface area (Å²) in [6.07, 6.45) is 11.2. The fraction of sp³-hybridized carbons (Fsp3) is 0.630. The number of carbonyl (C=O) groups is 2. The number of esters is 1. The van der Waals surface area contributed by atoms with Crippen molar-refractivity contribution in [3.8, 4) is 0 Å². The molecule has 2 aliphatic rings. The van der Waals surface area contributed by atoms with Crippen LogP contribution >= 0.6 is 0 Å². The van der Waals surface area contributed by atoms with Crippen LogP contribution in [-0.4, -0.2) is 17.0 Å². The van der Waals surface area contributed by atoms with Crippen molar-refractivity contribution < 1.29 is 19.4 Å². The minimum Gasteiger partial charge on any atom is -0.481 e. The van der Waals surface area contributed by atoms with Crippen molar-refractivity contribution in [2.45, 2.75) is 90.6 Å². The van der Waals surface area contributed by atoms with E-state index in [0.29, 0.717) is 17.9 Å². The van der Waals surface area contributed by atoms with Gasteiger partial charge in [0, 0.05) is 12.0 Å². The molecule has 2 aliphatic carbocycles. The molecule has 1 aromatic rings. The van der Waals surface area contributed by atoms with Gasteiger partial charge in [0.2, 0.25) is 0 Å². The second kappa shape index (κ2) is 11.0. The van der Waals surface area contributed by atoms with Gasteiger partial charge in [-0.1, -0.05) is 44.5 Å². The first-order chi connectivity index (χ1) is 14.8. The molecule has 170 valence electrons. The van der Waals surface area contributed by atoms with Crippen LogP contribution in [0.25, 0.3) is 0 Å². The van der Waals surface area contributed by atoms with Crippen molar-refractivity contribution in [1.29, 1.82) is 0 Å². The van der Waals surface area contributed by atoms with Crippen molar-refractivity contribution in [3.05, 3.63) is 47.0 Å². The molecular weight excluding hydrogens is 388 g/mol. The van der Waals surface area contributed by atoms with Gasteiger partial charge in [0.25, 0.3) is 0 Å². The van der Waals surface area contributed by atoms with Crippen LogP contribution < -0.4 is 0 Å². The van der Waals surface area contributed by atoms with Crippen LogP contribution in [0.2, 0.25) is 0 Å². The van der Waals surface area contributed by atoms with Gasteiger partial charge in [0.15, 0.2) is 0 Å². The van der Waals surface area contributed by atoms with Crippen molar-refractivity contribution in [2.24, 2.45) is 17.8 Å². The molecule has 0 aromatic heterocycles. The normalized spacial score (nSPS) is 26.3. The third-order valence-corrected chi connectivity index (χ3v) is 7.52. The topological polar surface area (TPSA) is 63.6 Å². The smallest absolute Gasteiger partial charge is 0.333 e. The van der Waals surface area contributed by atoms with Crippen LogP contribution in [0, 0.1) is 17.8 Å². The lowest BCUT2D eigenvalue weighted by Gasteiger charge is -2.37. The second-order valence-corrected chi connectivity index (χ2v) is 9.91. The van der Waals surface area contributed by atoms with E-state index in [2.05, 4.69) is 25.6 Å². The van der Waals surface area contributed by atoms with Crippen LogP contribution in [-0.2, 0) is 27.4 Å². The first-order valence-electron chi connectivity index (χ1n) is 12.0. The summed E-state index contributed by atoms with van der Waals surface area (Å²) >= 11 is 0. The molecule has 1 N–H and O–H groups in total. The van der Waals surface area contributed by atoms with Crippen molar-refractivity contribution in [3.63, 3.8) is 0 Å². The Kier molecular flexibility index (Phi) is 8.34. The molecule has 2 saturated carbocycles. The molecular formula is C27H38O4. The van der Waals surface area contributed by atoms with Gasteiger partial charge >= 0.3 is 11.9 Å². The lowest BCUT2D eigenvalue weighted by Crippen LogP contribution is -2.24. The molecule has 0 bridgehead atoms. The number of hydrogen-bond donors (Lipinski definition) is 1. The number of carbonyl (C=O) groups excluding carboxylic acids is 1. The summed E-state index contributed by atoms with van der Waals surface area (Å²) < 4.78 is 5.40. The Hall–Kier alpha value is -2.10. The number of rotatable bonds is 8. The maximum atomic E-state index is 11.9. The first-order valence-corrected chi connectivity index (χ1v) is 12.0. The Morgan fingerprint density at radius 1 is 1.00 bits per heavy atom. The number of benzene rings is 1. The highest BCUT2D eigenvalue weighted by Gasteiger charge is 2.30. The predicted molar refractivity (Wildman–Crippen MR) is 123 cm³/mol. The zero-order valence-corrected chi connectivity index (χ0v) is 19.2. The molecule has 1 aromatic carbocycles. The Labute approximate surface area is 187 Å². The highest BCUT2D eigenvalue weighted by atomic mass is 16.5. The lowest BCUT2D eigenvalue weighted by molar-refractivity contribution is -0.140. The van der Waals surface area contributed by atoms with E-state index in [9.17, 15) is 9.59 Å². The van der Waals surface area contributed by atoms with Gasteiger partial charge in [-0.2, -0.15) is 0 Å². The molecule has 0 saturated heterocycles. The van der Waals surface area contributed by atoms with E-state index in [1.165, 1.54) is 56.9 Å². The summed E-state index contributed by atoms with van der Waals surface area (Å²) in [5, 5.41) is 9.06. The predicted octanol–water partition coefficient (Wildman–Crippen LogP) is 6.42. The van der Waals surface area contributed by atoms with Gasteiger partial charge in [0.05, 0.1) is 0 Å². The highest BCUT2D eigenvalue weighted by molar-refractivity contribution is 5.86. The molecule has 2 fully saturated rings. The van der Waals surface area contributed by atoms with Gasteiger partial charge in [-0.3, -0.25) is 4.79 Å². The second-order valence-electron chi connectivity index (χ2n) is 9.91. The van der Waals surface area contributed by atoms with E-state index in [1.54, 1.807) is 6.92 Å². The zero-order valence-electron chi connectivity index (χ0n) is 19.2. The lowest BCUT2D eigenvalue weighted by atomic mass is 9.68. The third kappa shape index (κ3) is 6.69. The van der Waals surface area contributed by atoms with Crippen LogP contribution in [0.5, 0.6) is 0 Å². The Balaban J connectivity index is 1.65. The molecule has 0 heterocycles. The summed E-state index contributed by atoms with van der Waals surface area (Å²) in [6.45, 7) is 7.83. The molecule has 4 heteroatoms. The zero-order chi connectivity index (χ0) is 22.4. The molecule has 0 aliphatic heterocycles. The number of aryl methyl sites for hydroxylation is 1. The van der Waals surface area contributed by atoms with E-state index in [1.807, 2.05) is 6.07 Å². The van der Waals surface area contributed by atoms with Gasteiger partial charge in [-0.25, -0.2) is 4.79 Å². The SMILES string of the molecule is C=C(C)C(=O)OCc1cc(C2CCC(C3CCC(C)CC3)CC2)ccc1CCC(=O)O. The number of carboxylic acid groups (broad SMARTS) is 1. The number of hydrogen-bond acceptors (Lipinski definition) is 3. The molecule has 4 nitrogen and oxygen atoms in total. The van der Waals surface area contributed by atoms with Gasteiger partial charge in [-0.05, 0) is 92.2 Å². The van der Waals surface area contributed by atoms with Crippen LogP contribution in [0.4, 0.5) is 0 Å². The van der Waals surface area contributed by atoms with Crippen molar-refractivity contribution in [2.75, 3.05) is 0 Å². The van der Waals surface area contributed by atoms with E-state index in [-0.39, 0.29) is 13.0 Å². The fourth-order valence-electron chi connectivity index (χ4n) is 5.47. The number of carboxylic acids is 1. The minimum absolute atomic E-state index is 0.0753. The maximum absolute atomic E-state index is 11.9. The highest BCUT2D eigenvalue weighted by Crippen LogP contribution is 2.44. The van der Waals surface area contributed by atoms with E-state index >= 15 is 0 Å².